The summed E-state index contributed by atoms with van der Waals surface area (Å²) in [6.45, 7) is 3.16. The summed E-state index contributed by atoms with van der Waals surface area (Å²) in [7, 11) is 0. The van der Waals surface area contributed by atoms with Gasteiger partial charge in [-0.1, -0.05) is 30.7 Å². The van der Waals surface area contributed by atoms with E-state index in [2.05, 4.69) is 17.3 Å². The SMILES string of the molecule is CCCOc1ccc(OCC(=O)Nc2ccnn2Cc2ccc(Cl)cc2)cc1. The van der Waals surface area contributed by atoms with Crippen LogP contribution in [0, 0.1) is 0 Å². The lowest BCUT2D eigenvalue weighted by atomic mass is 10.2. The van der Waals surface area contributed by atoms with Gasteiger partial charge in [-0.15, -0.1) is 0 Å². The van der Waals surface area contributed by atoms with Crippen molar-refractivity contribution in [2.24, 2.45) is 0 Å². The summed E-state index contributed by atoms with van der Waals surface area (Å²) >= 11 is 5.91. The Hall–Kier alpha value is -2.99. The van der Waals surface area contributed by atoms with Crippen LogP contribution in [-0.4, -0.2) is 28.9 Å². The van der Waals surface area contributed by atoms with Crippen molar-refractivity contribution in [2.45, 2.75) is 19.9 Å². The maximum absolute atomic E-state index is 12.2. The normalized spacial score (nSPS) is 10.5. The van der Waals surface area contributed by atoms with Gasteiger partial charge in [-0.2, -0.15) is 5.10 Å². The second-order valence-corrected chi connectivity index (χ2v) is 6.59. The van der Waals surface area contributed by atoms with Gasteiger partial charge >= 0.3 is 0 Å². The topological polar surface area (TPSA) is 65.4 Å². The summed E-state index contributed by atoms with van der Waals surface area (Å²) in [6, 6.07) is 16.4. The van der Waals surface area contributed by atoms with E-state index in [1.807, 2.05) is 36.4 Å². The van der Waals surface area contributed by atoms with Crippen LogP contribution >= 0.6 is 11.6 Å². The number of hydrogen-bond acceptors (Lipinski definition) is 4. The zero-order valence-electron chi connectivity index (χ0n) is 15.6. The fourth-order valence-electron chi connectivity index (χ4n) is 2.51. The molecule has 0 saturated carbocycles. The van der Waals surface area contributed by atoms with Crippen molar-refractivity contribution in [3.05, 3.63) is 71.4 Å². The number of rotatable bonds is 9. The number of halogens is 1. The van der Waals surface area contributed by atoms with Crippen molar-refractivity contribution in [1.29, 1.82) is 0 Å². The predicted octanol–water partition coefficient (Wildman–Crippen LogP) is 4.39. The molecular weight excluding hydrogens is 378 g/mol. The highest BCUT2D eigenvalue weighted by Crippen LogP contribution is 2.18. The Balaban J connectivity index is 1.51. The largest absolute Gasteiger partial charge is 0.494 e. The van der Waals surface area contributed by atoms with Gasteiger partial charge in [0.25, 0.3) is 5.91 Å². The Bertz CT molecular complexity index is 892. The van der Waals surface area contributed by atoms with Gasteiger partial charge in [-0.25, -0.2) is 4.68 Å². The standard InChI is InChI=1S/C21H22ClN3O3/c1-2-13-27-18-7-9-19(10-8-18)28-15-21(26)24-20-11-12-23-25(20)14-16-3-5-17(22)6-4-16/h3-12H,2,13-15H2,1H3,(H,24,26). The zero-order chi connectivity index (χ0) is 19.8. The van der Waals surface area contributed by atoms with Gasteiger partial charge in [-0.3, -0.25) is 4.79 Å². The first-order valence-corrected chi connectivity index (χ1v) is 9.43. The Morgan fingerprint density at radius 2 is 1.71 bits per heavy atom. The third kappa shape index (κ3) is 5.76. The summed E-state index contributed by atoms with van der Waals surface area (Å²) in [5.41, 5.74) is 1.03. The molecule has 7 heteroatoms. The highest BCUT2D eigenvalue weighted by atomic mass is 35.5. The highest BCUT2D eigenvalue weighted by molar-refractivity contribution is 6.30. The van der Waals surface area contributed by atoms with E-state index in [4.69, 9.17) is 21.1 Å². The summed E-state index contributed by atoms with van der Waals surface area (Å²) in [4.78, 5) is 12.2. The Kier molecular flexibility index (Phi) is 6.92. The molecule has 0 fully saturated rings. The molecule has 0 aliphatic rings. The maximum Gasteiger partial charge on any atom is 0.263 e. The number of amides is 1. The van der Waals surface area contributed by atoms with Crippen molar-refractivity contribution in [2.75, 3.05) is 18.5 Å². The van der Waals surface area contributed by atoms with E-state index in [1.54, 1.807) is 29.1 Å². The fourth-order valence-corrected chi connectivity index (χ4v) is 2.63. The molecule has 0 bridgehead atoms. The van der Waals surface area contributed by atoms with Crippen molar-refractivity contribution >= 4 is 23.3 Å². The Labute approximate surface area is 169 Å². The molecule has 28 heavy (non-hydrogen) atoms. The molecule has 3 rings (SSSR count). The van der Waals surface area contributed by atoms with Gasteiger partial charge in [0.1, 0.15) is 17.3 Å². The highest BCUT2D eigenvalue weighted by Gasteiger charge is 2.09. The number of carbonyl (C=O) groups excluding carboxylic acids is 1. The minimum atomic E-state index is -0.260. The molecule has 0 unspecified atom stereocenters. The number of aromatic nitrogens is 2. The molecule has 3 aromatic rings. The van der Waals surface area contributed by atoms with E-state index < -0.39 is 0 Å². The number of anilines is 1. The molecule has 0 aliphatic carbocycles. The van der Waals surface area contributed by atoms with E-state index in [0.29, 0.717) is 29.7 Å². The molecule has 1 heterocycles. The fraction of sp³-hybridized carbons (Fsp3) is 0.238. The van der Waals surface area contributed by atoms with Crippen molar-refractivity contribution < 1.29 is 14.3 Å². The predicted molar refractivity (Wildman–Crippen MR) is 109 cm³/mol. The lowest BCUT2D eigenvalue weighted by Crippen LogP contribution is -2.22. The molecule has 2 aromatic carbocycles. The number of carbonyl (C=O) groups is 1. The van der Waals surface area contributed by atoms with Gasteiger partial charge < -0.3 is 14.8 Å². The van der Waals surface area contributed by atoms with Crippen LogP contribution < -0.4 is 14.8 Å². The minimum absolute atomic E-state index is 0.0959. The molecule has 0 spiro atoms. The maximum atomic E-state index is 12.2. The van der Waals surface area contributed by atoms with Gasteiger partial charge in [0, 0.05) is 11.1 Å². The third-order valence-corrected chi connectivity index (χ3v) is 4.15. The van der Waals surface area contributed by atoms with Crippen LogP contribution in [0.5, 0.6) is 11.5 Å². The van der Waals surface area contributed by atoms with Crippen LogP contribution in [0.15, 0.2) is 60.8 Å². The molecule has 146 valence electrons. The van der Waals surface area contributed by atoms with Crippen LogP contribution in [0.2, 0.25) is 5.02 Å². The number of ether oxygens (including phenoxy) is 2. The summed E-state index contributed by atoms with van der Waals surface area (Å²) in [5.74, 6) is 1.73. The Morgan fingerprint density at radius 1 is 1.04 bits per heavy atom. The summed E-state index contributed by atoms with van der Waals surface area (Å²) in [5, 5.41) is 7.75. The minimum Gasteiger partial charge on any atom is -0.494 e. The molecule has 0 atom stereocenters. The number of nitrogens with one attached hydrogen (secondary N) is 1. The molecule has 1 amide bonds. The van der Waals surface area contributed by atoms with E-state index in [9.17, 15) is 4.79 Å². The molecule has 1 aromatic heterocycles. The van der Waals surface area contributed by atoms with Crippen LogP contribution in [0.1, 0.15) is 18.9 Å². The summed E-state index contributed by atoms with van der Waals surface area (Å²) in [6.07, 6.45) is 2.59. The smallest absolute Gasteiger partial charge is 0.263 e. The van der Waals surface area contributed by atoms with E-state index in [1.165, 1.54) is 0 Å². The van der Waals surface area contributed by atoms with Crippen molar-refractivity contribution in [3.8, 4) is 11.5 Å². The first kappa shape index (κ1) is 19.8. The lowest BCUT2D eigenvalue weighted by molar-refractivity contribution is -0.118. The Morgan fingerprint density at radius 3 is 2.39 bits per heavy atom. The zero-order valence-corrected chi connectivity index (χ0v) is 16.4. The van der Waals surface area contributed by atoms with Crippen LogP contribution in [0.25, 0.3) is 0 Å². The third-order valence-electron chi connectivity index (χ3n) is 3.90. The van der Waals surface area contributed by atoms with E-state index in [-0.39, 0.29) is 12.5 Å². The molecule has 0 aliphatic heterocycles. The van der Waals surface area contributed by atoms with Crippen molar-refractivity contribution in [3.63, 3.8) is 0 Å². The second-order valence-electron chi connectivity index (χ2n) is 6.16. The number of nitrogens with zero attached hydrogens (tertiary/aromatic N) is 2. The first-order chi connectivity index (χ1) is 13.6. The van der Waals surface area contributed by atoms with E-state index >= 15 is 0 Å². The quantitative estimate of drug-likeness (QED) is 0.579. The van der Waals surface area contributed by atoms with Crippen LogP contribution in [-0.2, 0) is 11.3 Å². The van der Waals surface area contributed by atoms with Crippen LogP contribution in [0.3, 0.4) is 0 Å². The molecule has 1 N–H and O–H groups in total. The van der Waals surface area contributed by atoms with Gasteiger partial charge in [0.2, 0.25) is 0 Å². The molecule has 0 saturated heterocycles. The summed E-state index contributed by atoms with van der Waals surface area (Å²) < 4.78 is 12.8. The second kappa shape index (κ2) is 9.80. The van der Waals surface area contributed by atoms with Gasteiger partial charge in [-0.05, 0) is 48.4 Å². The van der Waals surface area contributed by atoms with Crippen molar-refractivity contribution in [1.82, 2.24) is 9.78 Å². The molecule has 0 radical (unpaired) electrons. The van der Waals surface area contributed by atoms with Crippen LogP contribution in [0.4, 0.5) is 5.82 Å². The average Bonchev–Trinajstić information content (AvgIpc) is 3.14. The van der Waals surface area contributed by atoms with Gasteiger partial charge in [0.05, 0.1) is 19.3 Å². The first-order valence-electron chi connectivity index (χ1n) is 9.06. The van der Waals surface area contributed by atoms with E-state index in [0.717, 1.165) is 17.7 Å². The molecular formula is C21H22ClN3O3. The lowest BCUT2D eigenvalue weighted by Gasteiger charge is -2.11. The van der Waals surface area contributed by atoms with Gasteiger partial charge in [0.15, 0.2) is 6.61 Å². The average molecular weight is 400 g/mol. The monoisotopic (exact) mass is 399 g/mol. The molecule has 6 nitrogen and oxygen atoms in total. The number of benzene rings is 2. The number of hydrogen-bond donors (Lipinski definition) is 1.